The van der Waals surface area contributed by atoms with Gasteiger partial charge in [0.25, 0.3) is 0 Å². The maximum Gasteiger partial charge on any atom is 0.189 e. The standard InChI is InChI=1S/C15H13N3OS/c1-11-10-20-15(16-11)9-14(19)13-7-8-18(17-13)12-5-3-2-4-6-12/h2-8,10H,9H2,1H3. The summed E-state index contributed by atoms with van der Waals surface area (Å²) in [5.41, 5.74) is 2.37. The van der Waals surface area contributed by atoms with E-state index in [1.807, 2.05) is 42.6 Å². The number of para-hydroxylation sites is 1. The molecule has 2 heterocycles. The molecule has 0 amide bonds. The third-order valence-corrected chi connectivity index (χ3v) is 3.84. The molecule has 3 rings (SSSR count). The summed E-state index contributed by atoms with van der Waals surface area (Å²) >= 11 is 1.51. The molecule has 0 saturated heterocycles. The number of benzene rings is 1. The highest BCUT2D eigenvalue weighted by atomic mass is 32.1. The van der Waals surface area contributed by atoms with Gasteiger partial charge in [-0.05, 0) is 25.1 Å². The number of aromatic nitrogens is 3. The van der Waals surface area contributed by atoms with Gasteiger partial charge in [-0.15, -0.1) is 11.3 Å². The molecule has 100 valence electrons. The van der Waals surface area contributed by atoms with Crippen LogP contribution >= 0.6 is 11.3 Å². The summed E-state index contributed by atoms with van der Waals surface area (Å²) in [5, 5.41) is 7.11. The van der Waals surface area contributed by atoms with E-state index in [4.69, 9.17) is 0 Å². The lowest BCUT2D eigenvalue weighted by Gasteiger charge is -1.99. The van der Waals surface area contributed by atoms with Crippen LogP contribution in [0.1, 0.15) is 21.2 Å². The Kier molecular flexibility index (Phi) is 3.43. The minimum atomic E-state index is -0.00553. The number of hydrogen-bond acceptors (Lipinski definition) is 4. The van der Waals surface area contributed by atoms with E-state index < -0.39 is 0 Å². The molecule has 0 radical (unpaired) electrons. The van der Waals surface area contributed by atoms with Crippen molar-refractivity contribution in [3.63, 3.8) is 0 Å². The Morgan fingerprint density at radius 2 is 2.05 bits per heavy atom. The van der Waals surface area contributed by atoms with Crippen LogP contribution in [0.2, 0.25) is 0 Å². The first kappa shape index (κ1) is 12.7. The smallest absolute Gasteiger partial charge is 0.189 e. The predicted octanol–water partition coefficient (Wildman–Crippen LogP) is 3.06. The van der Waals surface area contributed by atoms with Gasteiger partial charge in [0, 0.05) is 17.3 Å². The second kappa shape index (κ2) is 5.38. The number of nitrogens with zero attached hydrogens (tertiary/aromatic N) is 3. The normalized spacial score (nSPS) is 10.7. The Labute approximate surface area is 120 Å². The predicted molar refractivity (Wildman–Crippen MR) is 78.4 cm³/mol. The molecule has 4 nitrogen and oxygen atoms in total. The van der Waals surface area contributed by atoms with Crippen LogP contribution in [0.25, 0.3) is 5.69 Å². The minimum Gasteiger partial charge on any atom is -0.292 e. The molecule has 1 aromatic carbocycles. The average Bonchev–Trinajstić information content (AvgIpc) is 3.09. The van der Waals surface area contributed by atoms with Gasteiger partial charge >= 0.3 is 0 Å². The number of Topliss-reactive ketones (excluding diaryl/α,β-unsaturated/α-hetero) is 1. The van der Waals surface area contributed by atoms with Gasteiger partial charge < -0.3 is 0 Å². The lowest BCUT2D eigenvalue weighted by atomic mass is 10.2. The van der Waals surface area contributed by atoms with Crippen molar-refractivity contribution in [2.75, 3.05) is 0 Å². The van der Waals surface area contributed by atoms with Gasteiger partial charge in [0.05, 0.1) is 12.1 Å². The third-order valence-electron chi connectivity index (χ3n) is 2.87. The van der Waals surface area contributed by atoms with Gasteiger partial charge in [0.15, 0.2) is 5.78 Å². The molecule has 2 aromatic heterocycles. The molecule has 0 fully saturated rings. The number of hydrogen-bond donors (Lipinski definition) is 0. The van der Waals surface area contributed by atoms with Gasteiger partial charge in [0.2, 0.25) is 0 Å². The van der Waals surface area contributed by atoms with Gasteiger partial charge in [-0.25, -0.2) is 9.67 Å². The van der Waals surface area contributed by atoms with E-state index in [0.717, 1.165) is 16.4 Å². The second-order valence-electron chi connectivity index (χ2n) is 4.46. The topological polar surface area (TPSA) is 47.8 Å². The molecule has 0 saturated carbocycles. The van der Waals surface area contributed by atoms with Crippen LogP contribution in [0.15, 0.2) is 48.0 Å². The summed E-state index contributed by atoms with van der Waals surface area (Å²) in [5.74, 6) is -0.00553. The minimum absolute atomic E-state index is 0.00553. The number of rotatable bonds is 4. The van der Waals surface area contributed by atoms with E-state index in [9.17, 15) is 4.79 Å². The third kappa shape index (κ3) is 2.67. The van der Waals surface area contributed by atoms with Crippen molar-refractivity contribution in [2.45, 2.75) is 13.3 Å². The summed E-state index contributed by atoms with van der Waals surface area (Å²) in [6.45, 7) is 1.93. The van der Waals surface area contributed by atoms with Crippen molar-refractivity contribution in [3.8, 4) is 5.69 Å². The van der Waals surface area contributed by atoms with E-state index >= 15 is 0 Å². The number of ketones is 1. The Morgan fingerprint density at radius 3 is 2.75 bits per heavy atom. The monoisotopic (exact) mass is 283 g/mol. The molecule has 0 aliphatic heterocycles. The molecular weight excluding hydrogens is 270 g/mol. The molecule has 0 atom stereocenters. The van der Waals surface area contributed by atoms with Crippen molar-refractivity contribution in [3.05, 3.63) is 64.4 Å². The second-order valence-corrected chi connectivity index (χ2v) is 5.41. The van der Waals surface area contributed by atoms with Crippen molar-refractivity contribution in [2.24, 2.45) is 0 Å². The fraction of sp³-hybridized carbons (Fsp3) is 0.133. The highest BCUT2D eigenvalue weighted by Gasteiger charge is 2.13. The van der Waals surface area contributed by atoms with Crippen LogP contribution in [0.3, 0.4) is 0 Å². The van der Waals surface area contributed by atoms with Crippen molar-refractivity contribution in [1.29, 1.82) is 0 Å². The molecule has 0 aliphatic carbocycles. The molecule has 5 heteroatoms. The van der Waals surface area contributed by atoms with Crippen LogP contribution < -0.4 is 0 Å². The molecule has 0 N–H and O–H groups in total. The van der Waals surface area contributed by atoms with Crippen molar-refractivity contribution < 1.29 is 4.79 Å². The highest BCUT2D eigenvalue weighted by Crippen LogP contribution is 2.13. The molecular formula is C15H13N3OS. The lowest BCUT2D eigenvalue weighted by molar-refractivity contribution is 0.0987. The molecule has 3 aromatic rings. The van der Waals surface area contributed by atoms with Crippen LogP contribution in [-0.4, -0.2) is 20.5 Å². The van der Waals surface area contributed by atoms with Crippen LogP contribution in [0.4, 0.5) is 0 Å². The molecule has 0 aliphatic rings. The Hall–Kier alpha value is -2.27. The van der Waals surface area contributed by atoms with Crippen LogP contribution in [0, 0.1) is 6.92 Å². The number of carbonyl (C=O) groups excluding carboxylic acids is 1. The first-order valence-corrected chi connectivity index (χ1v) is 7.15. The maximum atomic E-state index is 12.2. The maximum absolute atomic E-state index is 12.2. The quantitative estimate of drug-likeness (QED) is 0.691. The van der Waals surface area contributed by atoms with E-state index in [-0.39, 0.29) is 5.78 Å². The largest absolute Gasteiger partial charge is 0.292 e. The van der Waals surface area contributed by atoms with Gasteiger partial charge in [-0.1, -0.05) is 18.2 Å². The molecule has 0 spiro atoms. The van der Waals surface area contributed by atoms with Crippen LogP contribution in [-0.2, 0) is 6.42 Å². The van der Waals surface area contributed by atoms with Gasteiger partial charge in [0.1, 0.15) is 10.7 Å². The zero-order valence-corrected chi connectivity index (χ0v) is 11.8. The van der Waals surface area contributed by atoms with E-state index in [1.54, 1.807) is 16.9 Å². The van der Waals surface area contributed by atoms with Crippen molar-refractivity contribution >= 4 is 17.1 Å². The summed E-state index contributed by atoms with van der Waals surface area (Å²) in [7, 11) is 0. The summed E-state index contributed by atoms with van der Waals surface area (Å²) in [4.78, 5) is 16.5. The number of carbonyl (C=O) groups is 1. The van der Waals surface area contributed by atoms with E-state index in [1.165, 1.54) is 11.3 Å². The summed E-state index contributed by atoms with van der Waals surface area (Å²) < 4.78 is 1.71. The number of aryl methyl sites for hydroxylation is 1. The molecule has 0 unspecified atom stereocenters. The Balaban J connectivity index is 1.78. The number of thiazole rings is 1. The fourth-order valence-electron chi connectivity index (χ4n) is 1.91. The molecule has 20 heavy (non-hydrogen) atoms. The Morgan fingerprint density at radius 1 is 1.25 bits per heavy atom. The first-order valence-electron chi connectivity index (χ1n) is 6.28. The van der Waals surface area contributed by atoms with Crippen molar-refractivity contribution in [1.82, 2.24) is 14.8 Å². The average molecular weight is 283 g/mol. The van der Waals surface area contributed by atoms with Gasteiger partial charge in [-0.3, -0.25) is 4.79 Å². The van der Waals surface area contributed by atoms with Crippen LogP contribution in [0.5, 0.6) is 0 Å². The molecule has 0 bridgehead atoms. The van der Waals surface area contributed by atoms with Gasteiger partial charge in [-0.2, -0.15) is 5.10 Å². The van der Waals surface area contributed by atoms with E-state index in [0.29, 0.717) is 12.1 Å². The lowest BCUT2D eigenvalue weighted by Crippen LogP contribution is -2.05. The Bertz CT molecular complexity index is 730. The van der Waals surface area contributed by atoms with E-state index in [2.05, 4.69) is 10.1 Å². The summed E-state index contributed by atoms with van der Waals surface area (Å²) in [6.07, 6.45) is 2.11. The zero-order valence-electron chi connectivity index (χ0n) is 11.0. The highest BCUT2D eigenvalue weighted by molar-refractivity contribution is 7.09. The summed E-state index contributed by atoms with van der Waals surface area (Å²) in [6, 6.07) is 11.5. The zero-order chi connectivity index (χ0) is 13.9. The fourth-order valence-corrected chi connectivity index (χ4v) is 2.68. The first-order chi connectivity index (χ1) is 9.72. The SMILES string of the molecule is Cc1csc(CC(=O)c2ccn(-c3ccccc3)n2)n1.